The van der Waals surface area contributed by atoms with Gasteiger partial charge >= 0.3 is 0 Å². The molecule has 0 unspecified atom stereocenters. The predicted octanol–water partition coefficient (Wildman–Crippen LogP) is 1.80. The average Bonchev–Trinajstić information content (AvgIpc) is 3.13. The summed E-state index contributed by atoms with van der Waals surface area (Å²) >= 11 is 0. The van der Waals surface area contributed by atoms with E-state index in [1.54, 1.807) is 11.0 Å². The van der Waals surface area contributed by atoms with E-state index in [4.69, 9.17) is 8.94 Å². The van der Waals surface area contributed by atoms with Gasteiger partial charge in [-0.05, 0) is 26.3 Å². The molecule has 7 heteroatoms. The largest absolute Gasteiger partial charge is 0.472 e. The summed E-state index contributed by atoms with van der Waals surface area (Å²) in [6.07, 6.45) is 3.99. The van der Waals surface area contributed by atoms with E-state index >= 15 is 0 Å². The van der Waals surface area contributed by atoms with Gasteiger partial charge in [-0.25, -0.2) is 0 Å². The zero-order valence-electron chi connectivity index (χ0n) is 13.9. The highest BCUT2D eigenvalue weighted by Crippen LogP contribution is 2.15. The van der Waals surface area contributed by atoms with Crippen molar-refractivity contribution in [3.05, 3.63) is 41.2 Å². The van der Waals surface area contributed by atoms with Gasteiger partial charge in [0.1, 0.15) is 12.0 Å². The van der Waals surface area contributed by atoms with Crippen molar-refractivity contribution in [1.82, 2.24) is 15.0 Å². The molecule has 0 N–H and O–H groups in total. The Morgan fingerprint density at radius 2 is 1.92 bits per heavy atom. The van der Waals surface area contributed by atoms with Crippen LogP contribution in [0.15, 0.2) is 27.5 Å². The van der Waals surface area contributed by atoms with Gasteiger partial charge in [-0.2, -0.15) is 0 Å². The van der Waals surface area contributed by atoms with Crippen molar-refractivity contribution in [3.63, 3.8) is 0 Å². The monoisotopic (exact) mass is 331 g/mol. The van der Waals surface area contributed by atoms with Gasteiger partial charge in [0.15, 0.2) is 0 Å². The van der Waals surface area contributed by atoms with Crippen LogP contribution in [-0.4, -0.2) is 52.9 Å². The van der Waals surface area contributed by atoms with Gasteiger partial charge in [-0.3, -0.25) is 9.59 Å². The van der Waals surface area contributed by atoms with Crippen molar-refractivity contribution in [2.45, 2.75) is 26.7 Å². The van der Waals surface area contributed by atoms with Crippen LogP contribution < -0.4 is 0 Å². The molecule has 3 heterocycles. The zero-order valence-corrected chi connectivity index (χ0v) is 13.9. The minimum atomic E-state index is -0.0521. The third kappa shape index (κ3) is 3.34. The van der Waals surface area contributed by atoms with Gasteiger partial charge in [-0.15, -0.1) is 0 Å². The van der Waals surface area contributed by atoms with E-state index in [2.05, 4.69) is 5.16 Å². The van der Waals surface area contributed by atoms with Gasteiger partial charge in [-0.1, -0.05) is 5.16 Å². The molecular weight excluding hydrogens is 310 g/mol. The Morgan fingerprint density at radius 1 is 1.17 bits per heavy atom. The fraction of sp³-hybridized carbons (Fsp3) is 0.471. The second-order valence-electron chi connectivity index (χ2n) is 6.02. The van der Waals surface area contributed by atoms with Crippen LogP contribution in [0.4, 0.5) is 0 Å². The molecule has 0 radical (unpaired) electrons. The molecule has 128 valence electrons. The van der Waals surface area contributed by atoms with Crippen LogP contribution in [0.3, 0.4) is 0 Å². The Balaban J connectivity index is 1.61. The van der Waals surface area contributed by atoms with E-state index in [-0.39, 0.29) is 18.2 Å². The number of rotatable bonds is 3. The van der Waals surface area contributed by atoms with E-state index in [1.165, 1.54) is 12.5 Å². The Hall–Kier alpha value is -2.57. The van der Waals surface area contributed by atoms with Gasteiger partial charge in [0.2, 0.25) is 5.91 Å². The van der Waals surface area contributed by atoms with Crippen molar-refractivity contribution in [2.75, 3.05) is 26.2 Å². The minimum absolute atomic E-state index is 0.0435. The number of aromatic nitrogens is 1. The summed E-state index contributed by atoms with van der Waals surface area (Å²) < 4.78 is 10.1. The summed E-state index contributed by atoms with van der Waals surface area (Å²) in [5, 5.41) is 3.89. The molecule has 0 atom stereocenters. The lowest BCUT2D eigenvalue weighted by molar-refractivity contribution is -0.130. The fourth-order valence-electron chi connectivity index (χ4n) is 2.96. The predicted molar refractivity (Wildman–Crippen MR) is 85.5 cm³/mol. The smallest absolute Gasteiger partial charge is 0.257 e. The molecule has 7 nitrogen and oxygen atoms in total. The Labute approximate surface area is 140 Å². The maximum absolute atomic E-state index is 12.6. The number of nitrogens with zero attached hydrogens (tertiary/aromatic N) is 3. The first kappa shape index (κ1) is 16.3. The molecule has 0 aromatic carbocycles. The van der Waals surface area contributed by atoms with Crippen LogP contribution in [0.5, 0.6) is 0 Å². The van der Waals surface area contributed by atoms with Crippen LogP contribution in [-0.2, 0) is 11.2 Å². The summed E-state index contributed by atoms with van der Waals surface area (Å²) in [6.45, 7) is 6.00. The number of hydrogen-bond donors (Lipinski definition) is 0. The highest BCUT2D eigenvalue weighted by Gasteiger charge is 2.24. The van der Waals surface area contributed by atoms with Crippen LogP contribution >= 0.6 is 0 Å². The molecule has 2 amide bonds. The summed E-state index contributed by atoms with van der Waals surface area (Å²) in [5.74, 6) is 0.679. The van der Waals surface area contributed by atoms with Crippen molar-refractivity contribution >= 4 is 11.8 Å². The molecule has 0 saturated carbocycles. The molecule has 24 heavy (non-hydrogen) atoms. The van der Waals surface area contributed by atoms with Crippen molar-refractivity contribution < 1.29 is 18.5 Å². The molecule has 2 aromatic heterocycles. The Morgan fingerprint density at radius 3 is 2.58 bits per heavy atom. The first-order valence-electron chi connectivity index (χ1n) is 8.07. The molecule has 0 spiro atoms. The number of aryl methyl sites for hydroxylation is 2. The number of furan rings is 1. The molecule has 1 aliphatic rings. The molecule has 3 rings (SSSR count). The molecule has 1 saturated heterocycles. The summed E-state index contributed by atoms with van der Waals surface area (Å²) in [6, 6.07) is 1.66. The zero-order chi connectivity index (χ0) is 17.1. The van der Waals surface area contributed by atoms with Crippen LogP contribution in [0.25, 0.3) is 0 Å². The lowest BCUT2D eigenvalue weighted by Gasteiger charge is -2.22. The summed E-state index contributed by atoms with van der Waals surface area (Å²) in [7, 11) is 0. The SMILES string of the molecule is Cc1noc(C)c1CC(=O)N1CCCN(C(=O)c2ccoc2)CC1. The highest BCUT2D eigenvalue weighted by molar-refractivity contribution is 5.93. The van der Waals surface area contributed by atoms with Gasteiger partial charge in [0, 0.05) is 31.7 Å². The van der Waals surface area contributed by atoms with E-state index in [9.17, 15) is 9.59 Å². The van der Waals surface area contributed by atoms with Gasteiger partial charge < -0.3 is 18.7 Å². The first-order chi connectivity index (χ1) is 11.6. The van der Waals surface area contributed by atoms with Crippen LogP contribution in [0.1, 0.15) is 33.8 Å². The van der Waals surface area contributed by atoms with Crippen LogP contribution in [0, 0.1) is 13.8 Å². The van der Waals surface area contributed by atoms with Crippen LogP contribution in [0.2, 0.25) is 0 Å². The van der Waals surface area contributed by atoms with Crippen molar-refractivity contribution in [1.29, 1.82) is 0 Å². The lowest BCUT2D eigenvalue weighted by atomic mass is 10.1. The van der Waals surface area contributed by atoms with Gasteiger partial charge in [0.25, 0.3) is 5.91 Å². The van der Waals surface area contributed by atoms with Crippen molar-refractivity contribution in [2.24, 2.45) is 0 Å². The molecule has 1 aliphatic heterocycles. The third-order valence-corrected chi connectivity index (χ3v) is 4.41. The number of hydrogen-bond acceptors (Lipinski definition) is 5. The fourth-order valence-corrected chi connectivity index (χ4v) is 2.96. The third-order valence-electron chi connectivity index (χ3n) is 4.41. The molecule has 1 fully saturated rings. The van der Waals surface area contributed by atoms with E-state index in [0.717, 1.165) is 17.7 Å². The summed E-state index contributed by atoms with van der Waals surface area (Å²) in [4.78, 5) is 28.5. The summed E-state index contributed by atoms with van der Waals surface area (Å²) in [5.41, 5.74) is 2.16. The van der Waals surface area contributed by atoms with E-state index in [0.29, 0.717) is 37.5 Å². The maximum atomic E-state index is 12.6. The average molecular weight is 331 g/mol. The van der Waals surface area contributed by atoms with Crippen molar-refractivity contribution in [3.8, 4) is 0 Å². The molecule has 0 aliphatic carbocycles. The maximum Gasteiger partial charge on any atom is 0.257 e. The second kappa shape index (κ2) is 6.90. The first-order valence-corrected chi connectivity index (χ1v) is 8.07. The van der Waals surface area contributed by atoms with E-state index < -0.39 is 0 Å². The molecular formula is C17H21N3O4. The molecule has 2 aromatic rings. The quantitative estimate of drug-likeness (QED) is 0.857. The standard InChI is InChI=1S/C17H21N3O4/c1-12-15(13(2)24-18-12)10-16(21)19-5-3-6-20(8-7-19)17(22)14-4-9-23-11-14/h4,9,11H,3,5-8,10H2,1-2H3. The number of amides is 2. The Bertz CT molecular complexity index is 701. The lowest BCUT2D eigenvalue weighted by Crippen LogP contribution is -2.38. The number of carbonyl (C=O) groups excluding carboxylic acids is 2. The minimum Gasteiger partial charge on any atom is -0.472 e. The normalized spacial score (nSPS) is 15.4. The Kier molecular flexibility index (Phi) is 4.69. The second-order valence-corrected chi connectivity index (χ2v) is 6.02. The van der Waals surface area contributed by atoms with Gasteiger partial charge in [0.05, 0.1) is 23.9 Å². The topological polar surface area (TPSA) is 79.8 Å². The van der Waals surface area contributed by atoms with E-state index in [1.807, 2.05) is 18.7 Å². The highest BCUT2D eigenvalue weighted by atomic mass is 16.5. The molecule has 0 bridgehead atoms. The number of carbonyl (C=O) groups is 2.